The van der Waals surface area contributed by atoms with Crippen LogP contribution in [0.4, 0.5) is 0 Å². The molecule has 8 N–H and O–H groups in total. The van der Waals surface area contributed by atoms with E-state index in [1.54, 1.807) is 12.1 Å². The molecule has 0 aliphatic rings. The summed E-state index contributed by atoms with van der Waals surface area (Å²) in [4.78, 5) is 0.0197. The summed E-state index contributed by atoms with van der Waals surface area (Å²) in [6.07, 6.45) is -4.47. The molecule has 0 spiro atoms. The van der Waals surface area contributed by atoms with Gasteiger partial charge in [0.25, 0.3) is 0 Å². The Kier molecular flexibility index (Phi) is 9.77. The van der Waals surface area contributed by atoms with Crippen molar-refractivity contribution in [1.82, 2.24) is 4.31 Å². The Morgan fingerprint density at radius 3 is 1.63 bits per heavy atom. The van der Waals surface area contributed by atoms with Crippen LogP contribution < -0.4 is 11.5 Å². The molecule has 1 aromatic rings. The van der Waals surface area contributed by atoms with Crippen molar-refractivity contribution in [3.05, 3.63) is 29.8 Å². The lowest BCUT2D eigenvalue weighted by Crippen LogP contribution is -2.44. The van der Waals surface area contributed by atoms with Gasteiger partial charge in [-0.15, -0.1) is 0 Å². The van der Waals surface area contributed by atoms with Crippen molar-refractivity contribution in [2.24, 2.45) is 11.5 Å². The summed E-state index contributed by atoms with van der Waals surface area (Å²) < 4.78 is 26.9. The standard InChI is InChI=1S/C17H31N3O6S/c1-12-2-4-17(5-3-12)27(25,26)20(10-15(23)6-13(21)8-18)11-16(24)7-14(22)9-19/h2-5,13-16,21-24H,6-11,18-19H2,1H3/t13-,14-,15+,16+/m0/s1. The molecule has 0 unspecified atom stereocenters. The van der Waals surface area contributed by atoms with Gasteiger partial charge >= 0.3 is 0 Å². The van der Waals surface area contributed by atoms with Crippen molar-refractivity contribution in [2.45, 2.75) is 49.1 Å². The van der Waals surface area contributed by atoms with Gasteiger partial charge in [-0.3, -0.25) is 0 Å². The van der Waals surface area contributed by atoms with Gasteiger partial charge < -0.3 is 31.9 Å². The third kappa shape index (κ3) is 7.80. The fraction of sp³-hybridized carbons (Fsp3) is 0.647. The second-order valence-electron chi connectivity index (χ2n) is 6.69. The van der Waals surface area contributed by atoms with E-state index in [-0.39, 0.29) is 43.9 Å². The van der Waals surface area contributed by atoms with Crippen molar-refractivity contribution in [3.8, 4) is 0 Å². The third-order valence-electron chi connectivity index (χ3n) is 4.12. The topological polar surface area (TPSA) is 170 Å². The van der Waals surface area contributed by atoms with E-state index in [2.05, 4.69) is 0 Å². The molecule has 0 radical (unpaired) electrons. The Bertz CT molecular complexity index is 635. The van der Waals surface area contributed by atoms with Gasteiger partial charge in [-0.25, -0.2) is 8.42 Å². The number of hydrogen-bond donors (Lipinski definition) is 6. The summed E-state index contributed by atoms with van der Waals surface area (Å²) in [5.74, 6) is 0. The Morgan fingerprint density at radius 1 is 0.852 bits per heavy atom. The van der Waals surface area contributed by atoms with E-state index in [4.69, 9.17) is 11.5 Å². The molecule has 1 aromatic carbocycles. The first kappa shape index (κ1) is 23.9. The maximum Gasteiger partial charge on any atom is 0.243 e. The van der Waals surface area contributed by atoms with Gasteiger partial charge in [-0.05, 0) is 19.1 Å². The molecule has 0 aromatic heterocycles. The summed E-state index contributed by atoms with van der Waals surface area (Å²) >= 11 is 0. The van der Waals surface area contributed by atoms with Crippen LogP contribution in [0.5, 0.6) is 0 Å². The van der Waals surface area contributed by atoms with E-state index in [1.807, 2.05) is 6.92 Å². The zero-order chi connectivity index (χ0) is 20.6. The van der Waals surface area contributed by atoms with Gasteiger partial charge in [0.2, 0.25) is 10.0 Å². The Labute approximate surface area is 160 Å². The SMILES string of the molecule is Cc1ccc(S(=O)(=O)N(C[C@H](O)C[C@H](O)CN)C[C@H](O)C[C@H](O)CN)cc1. The number of sulfonamides is 1. The molecule has 4 atom stereocenters. The highest BCUT2D eigenvalue weighted by atomic mass is 32.2. The van der Waals surface area contributed by atoms with E-state index >= 15 is 0 Å². The number of aliphatic hydroxyl groups excluding tert-OH is 4. The van der Waals surface area contributed by atoms with Gasteiger partial charge in [0, 0.05) is 39.0 Å². The molecule has 0 saturated carbocycles. The summed E-state index contributed by atoms with van der Waals surface area (Å²) in [6.45, 7) is 1.04. The summed E-state index contributed by atoms with van der Waals surface area (Å²) in [5, 5.41) is 39.4. The molecule has 0 amide bonds. The van der Waals surface area contributed by atoms with Crippen molar-refractivity contribution in [3.63, 3.8) is 0 Å². The molecule has 0 fully saturated rings. The minimum absolute atomic E-state index is 0.0197. The molecular formula is C17H31N3O6S. The second kappa shape index (κ2) is 11.0. The number of hydrogen-bond acceptors (Lipinski definition) is 8. The van der Waals surface area contributed by atoms with E-state index in [0.29, 0.717) is 0 Å². The zero-order valence-electron chi connectivity index (χ0n) is 15.5. The lowest BCUT2D eigenvalue weighted by atomic mass is 10.1. The number of rotatable bonds is 12. The van der Waals surface area contributed by atoms with Crippen LogP contribution in [0.3, 0.4) is 0 Å². The Balaban J connectivity index is 3.02. The quantitative estimate of drug-likeness (QED) is 0.235. The first-order chi connectivity index (χ1) is 12.6. The highest BCUT2D eigenvalue weighted by molar-refractivity contribution is 7.89. The van der Waals surface area contributed by atoms with Crippen molar-refractivity contribution >= 4 is 10.0 Å². The average molecular weight is 406 g/mol. The van der Waals surface area contributed by atoms with Crippen LogP contribution in [-0.4, -0.2) is 83.7 Å². The first-order valence-electron chi connectivity index (χ1n) is 8.79. The fourth-order valence-corrected chi connectivity index (χ4v) is 4.08. The molecule has 27 heavy (non-hydrogen) atoms. The monoisotopic (exact) mass is 405 g/mol. The number of nitrogens with two attached hydrogens (primary N) is 2. The minimum Gasteiger partial charge on any atom is -0.392 e. The number of aryl methyl sites for hydroxylation is 1. The average Bonchev–Trinajstić information content (AvgIpc) is 2.61. The minimum atomic E-state index is -4.01. The first-order valence-corrected chi connectivity index (χ1v) is 10.2. The Morgan fingerprint density at radius 2 is 1.26 bits per heavy atom. The van der Waals surface area contributed by atoms with Gasteiger partial charge in [0.15, 0.2) is 0 Å². The molecule has 9 nitrogen and oxygen atoms in total. The summed E-state index contributed by atoms with van der Waals surface area (Å²) in [5.41, 5.74) is 11.5. The smallest absolute Gasteiger partial charge is 0.243 e. The van der Waals surface area contributed by atoms with Crippen LogP contribution in [0.1, 0.15) is 18.4 Å². The normalized spacial score (nSPS) is 16.9. The summed E-state index contributed by atoms with van der Waals surface area (Å²) in [6, 6.07) is 6.18. The zero-order valence-corrected chi connectivity index (χ0v) is 16.3. The van der Waals surface area contributed by atoms with Crippen molar-refractivity contribution < 1.29 is 28.8 Å². The van der Waals surface area contributed by atoms with Gasteiger partial charge in [-0.2, -0.15) is 4.31 Å². The molecule has 156 valence electrons. The fourth-order valence-electron chi connectivity index (χ4n) is 2.57. The van der Waals surface area contributed by atoms with Crippen LogP contribution in [0.2, 0.25) is 0 Å². The summed E-state index contributed by atoms with van der Waals surface area (Å²) in [7, 11) is -4.01. The van der Waals surface area contributed by atoms with Crippen LogP contribution in [0, 0.1) is 6.92 Å². The second-order valence-corrected chi connectivity index (χ2v) is 8.63. The highest BCUT2D eigenvalue weighted by Crippen LogP contribution is 2.19. The van der Waals surface area contributed by atoms with Gasteiger partial charge in [-0.1, -0.05) is 17.7 Å². The van der Waals surface area contributed by atoms with Crippen LogP contribution in [0.25, 0.3) is 0 Å². The van der Waals surface area contributed by atoms with Crippen molar-refractivity contribution in [2.75, 3.05) is 26.2 Å². The lowest BCUT2D eigenvalue weighted by molar-refractivity contribution is 0.0491. The number of benzene rings is 1. The lowest BCUT2D eigenvalue weighted by Gasteiger charge is -2.28. The van der Waals surface area contributed by atoms with Crippen LogP contribution in [-0.2, 0) is 10.0 Å². The predicted octanol–water partition coefficient (Wildman–Crippen LogP) is -1.87. The highest BCUT2D eigenvalue weighted by Gasteiger charge is 2.29. The molecule has 10 heteroatoms. The molecule has 1 rings (SSSR count). The largest absolute Gasteiger partial charge is 0.392 e. The molecular weight excluding hydrogens is 374 g/mol. The third-order valence-corrected chi connectivity index (χ3v) is 5.97. The maximum absolute atomic E-state index is 13.0. The van der Waals surface area contributed by atoms with E-state index in [0.717, 1.165) is 9.87 Å². The van der Waals surface area contributed by atoms with E-state index in [9.17, 15) is 28.8 Å². The number of aliphatic hydroxyl groups is 4. The van der Waals surface area contributed by atoms with E-state index in [1.165, 1.54) is 12.1 Å². The van der Waals surface area contributed by atoms with Gasteiger partial charge in [0.1, 0.15) is 0 Å². The molecule has 0 aliphatic carbocycles. The molecule has 0 saturated heterocycles. The van der Waals surface area contributed by atoms with Crippen molar-refractivity contribution in [1.29, 1.82) is 0 Å². The van der Waals surface area contributed by atoms with E-state index < -0.39 is 34.4 Å². The van der Waals surface area contributed by atoms with Gasteiger partial charge in [0.05, 0.1) is 29.3 Å². The van der Waals surface area contributed by atoms with Crippen LogP contribution in [0.15, 0.2) is 29.2 Å². The number of nitrogens with zero attached hydrogens (tertiary/aromatic N) is 1. The molecule has 0 bridgehead atoms. The molecule has 0 aliphatic heterocycles. The predicted molar refractivity (Wildman–Crippen MR) is 101 cm³/mol. The molecule has 0 heterocycles. The maximum atomic E-state index is 13.0. The Hall–Kier alpha value is -1.11. The van der Waals surface area contributed by atoms with Crippen LogP contribution >= 0.6 is 0 Å².